The van der Waals surface area contributed by atoms with Crippen molar-refractivity contribution in [3.05, 3.63) is 47.0 Å². The summed E-state index contributed by atoms with van der Waals surface area (Å²) in [6.45, 7) is 6.26. The lowest BCUT2D eigenvalue weighted by Gasteiger charge is -2.28. The summed E-state index contributed by atoms with van der Waals surface area (Å²) in [7, 11) is 0. The molecule has 1 aromatic heterocycles. The molecule has 1 aromatic carbocycles. The highest BCUT2D eigenvalue weighted by Gasteiger charge is 2.39. The van der Waals surface area contributed by atoms with Gasteiger partial charge in [-0.15, -0.1) is 10.2 Å². The third kappa shape index (κ3) is 6.01. The first-order valence-corrected chi connectivity index (χ1v) is 12.0. The number of aromatic nitrogens is 3. The molecule has 8 nitrogen and oxygen atoms in total. The van der Waals surface area contributed by atoms with Crippen LogP contribution in [0.3, 0.4) is 0 Å². The molecular weight excluding hydrogens is 463 g/mol. The van der Waals surface area contributed by atoms with Crippen LogP contribution in [0.15, 0.2) is 24.3 Å². The van der Waals surface area contributed by atoms with E-state index in [9.17, 15) is 18.0 Å². The van der Waals surface area contributed by atoms with E-state index < -0.39 is 12.1 Å². The average Bonchev–Trinajstić information content (AvgIpc) is 3.37. The molecule has 1 amide bonds. The Morgan fingerprint density at radius 2 is 1.69 bits per heavy atom. The van der Waals surface area contributed by atoms with E-state index in [0.29, 0.717) is 23.7 Å². The van der Waals surface area contributed by atoms with E-state index in [1.807, 2.05) is 0 Å². The molecule has 35 heavy (non-hydrogen) atoms. The molecule has 1 saturated heterocycles. The number of alkyl halides is 3. The SMILES string of the molecule is CCc1ccc(CN2CC3Cc4nnc(C(=O)NC5CCC5)n4CC3C2)cc1.O=C(O)C(F)(F)F. The zero-order chi connectivity index (χ0) is 25.2. The maximum absolute atomic E-state index is 12.6. The van der Waals surface area contributed by atoms with Crippen molar-refractivity contribution < 1.29 is 27.9 Å². The number of hydrogen-bond acceptors (Lipinski definition) is 5. The molecule has 2 atom stereocenters. The van der Waals surface area contributed by atoms with Gasteiger partial charge in [-0.2, -0.15) is 13.2 Å². The second kappa shape index (κ2) is 10.3. The highest BCUT2D eigenvalue weighted by atomic mass is 19.4. The molecule has 5 rings (SSSR count). The van der Waals surface area contributed by atoms with Crippen LogP contribution in [-0.2, 0) is 30.7 Å². The zero-order valence-corrected chi connectivity index (χ0v) is 19.6. The van der Waals surface area contributed by atoms with Gasteiger partial charge in [-0.05, 0) is 48.6 Å². The van der Waals surface area contributed by atoms with Crippen molar-refractivity contribution in [2.75, 3.05) is 13.1 Å². The molecule has 2 fully saturated rings. The van der Waals surface area contributed by atoms with Crippen LogP contribution in [0.4, 0.5) is 13.2 Å². The molecule has 2 N–H and O–H groups in total. The zero-order valence-electron chi connectivity index (χ0n) is 19.6. The molecule has 11 heteroatoms. The number of aryl methyl sites for hydroxylation is 1. The van der Waals surface area contributed by atoms with E-state index in [2.05, 4.69) is 56.2 Å². The molecule has 2 aromatic rings. The lowest BCUT2D eigenvalue weighted by atomic mass is 9.89. The number of carboxylic acid groups (broad SMARTS) is 1. The Morgan fingerprint density at radius 3 is 2.26 bits per heavy atom. The largest absolute Gasteiger partial charge is 0.490 e. The number of nitrogens with zero attached hydrogens (tertiary/aromatic N) is 4. The number of hydrogen-bond donors (Lipinski definition) is 2. The third-order valence-corrected chi connectivity index (χ3v) is 7.06. The Kier molecular flexibility index (Phi) is 7.44. The predicted octanol–water partition coefficient (Wildman–Crippen LogP) is 3.06. The van der Waals surface area contributed by atoms with E-state index in [4.69, 9.17) is 9.90 Å². The summed E-state index contributed by atoms with van der Waals surface area (Å²) in [6, 6.07) is 9.34. The van der Waals surface area contributed by atoms with Crippen molar-refractivity contribution in [1.29, 1.82) is 0 Å². The number of carboxylic acids is 1. The summed E-state index contributed by atoms with van der Waals surface area (Å²) in [4.78, 5) is 24.0. The summed E-state index contributed by atoms with van der Waals surface area (Å²) < 4.78 is 33.8. The molecule has 1 saturated carbocycles. The van der Waals surface area contributed by atoms with Gasteiger partial charge in [0.25, 0.3) is 5.91 Å². The van der Waals surface area contributed by atoms with Crippen LogP contribution in [0.25, 0.3) is 0 Å². The maximum Gasteiger partial charge on any atom is 0.490 e. The monoisotopic (exact) mass is 493 g/mol. The van der Waals surface area contributed by atoms with Gasteiger partial charge in [0.2, 0.25) is 5.82 Å². The molecule has 3 aliphatic rings. The van der Waals surface area contributed by atoms with Gasteiger partial charge in [0.15, 0.2) is 0 Å². The van der Waals surface area contributed by atoms with Gasteiger partial charge >= 0.3 is 12.1 Å². The first-order valence-electron chi connectivity index (χ1n) is 12.0. The topological polar surface area (TPSA) is 100 Å². The fraction of sp³-hybridized carbons (Fsp3) is 0.583. The Bertz CT molecular complexity index is 1050. The molecule has 0 spiro atoms. The lowest BCUT2D eigenvalue weighted by molar-refractivity contribution is -0.192. The Hall–Kier alpha value is -2.95. The molecule has 2 unspecified atom stereocenters. The number of carbonyl (C=O) groups excluding carboxylic acids is 1. The number of aliphatic carboxylic acids is 1. The highest BCUT2D eigenvalue weighted by molar-refractivity contribution is 5.91. The van der Waals surface area contributed by atoms with Crippen LogP contribution in [0, 0.1) is 11.8 Å². The average molecular weight is 494 g/mol. The highest BCUT2D eigenvalue weighted by Crippen LogP contribution is 2.33. The van der Waals surface area contributed by atoms with Crippen molar-refractivity contribution in [2.45, 2.75) is 64.3 Å². The number of carbonyl (C=O) groups is 2. The van der Waals surface area contributed by atoms with Gasteiger partial charge in [0.05, 0.1) is 0 Å². The summed E-state index contributed by atoms with van der Waals surface area (Å²) in [5.74, 6) is -0.119. The van der Waals surface area contributed by atoms with Crippen LogP contribution in [0.1, 0.15) is 53.8 Å². The van der Waals surface area contributed by atoms with Gasteiger partial charge in [0, 0.05) is 38.6 Å². The summed E-state index contributed by atoms with van der Waals surface area (Å²) >= 11 is 0. The first-order chi connectivity index (χ1) is 16.6. The van der Waals surface area contributed by atoms with E-state index in [1.165, 1.54) is 17.5 Å². The molecule has 0 bridgehead atoms. The smallest absolute Gasteiger partial charge is 0.475 e. The Labute approximate surface area is 201 Å². The van der Waals surface area contributed by atoms with Gasteiger partial charge in [-0.25, -0.2) is 4.79 Å². The molecule has 0 radical (unpaired) electrons. The Balaban J connectivity index is 0.000000364. The Morgan fingerprint density at radius 1 is 1.06 bits per heavy atom. The van der Waals surface area contributed by atoms with Crippen LogP contribution in [0.2, 0.25) is 0 Å². The second-order valence-electron chi connectivity index (χ2n) is 9.54. The van der Waals surface area contributed by atoms with E-state index in [1.54, 1.807) is 0 Å². The maximum atomic E-state index is 12.6. The second-order valence-corrected chi connectivity index (χ2v) is 9.54. The van der Waals surface area contributed by atoms with E-state index >= 15 is 0 Å². The van der Waals surface area contributed by atoms with Gasteiger partial charge in [-0.1, -0.05) is 31.2 Å². The number of benzene rings is 1. The predicted molar refractivity (Wildman–Crippen MR) is 121 cm³/mol. The molecule has 2 aliphatic heterocycles. The molecule has 3 heterocycles. The van der Waals surface area contributed by atoms with Crippen LogP contribution in [0.5, 0.6) is 0 Å². The number of likely N-dealkylation sites (tertiary alicyclic amines) is 1. The van der Waals surface area contributed by atoms with Crippen molar-refractivity contribution in [2.24, 2.45) is 11.8 Å². The van der Waals surface area contributed by atoms with Gasteiger partial charge < -0.3 is 15.0 Å². The lowest BCUT2D eigenvalue weighted by Crippen LogP contribution is -2.41. The number of fused-ring (bicyclic) bond motifs is 2. The molecule has 190 valence electrons. The van der Waals surface area contributed by atoms with Crippen LogP contribution in [-0.4, -0.2) is 62.0 Å². The third-order valence-electron chi connectivity index (χ3n) is 7.06. The van der Waals surface area contributed by atoms with Crippen molar-refractivity contribution in [1.82, 2.24) is 25.0 Å². The van der Waals surface area contributed by atoms with Crippen LogP contribution >= 0.6 is 0 Å². The van der Waals surface area contributed by atoms with Crippen molar-refractivity contribution in [3.8, 4) is 0 Å². The van der Waals surface area contributed by atoms with Crippen molar-refractivity contribution in [3.63, 3.8) is 0 Å². The van der Waals surface area contributed by atoms with Crippen LogP contribution < -0.4 is 5.32 Å². The fourth-order valence-corrected chi connectivity index (χ4v) is 4.86. The first kappa shape index (κ1) is 25.2. The fourth-order valence-electron chi connectivity index (χ4n) is 4.86. The van der Waals surface area contributed by atoms with Gasteiger partial charge in [-0.3, -0.25) is 9.69 Å². The number of halogens is 3. The quantitative estimate of drug-likeness (QED) is 0.664. The summed E-state index contributed by atoms with van der Waals surface area (Å²) in [6.07, 6.45) is 0.324. The van der Waals surface area contributed by atoms with Crippen molar-refractivity contribution >= 4 is 11.9 Å². The van der Waals surface area contributed by atoms with E-state index in [0.717, 1.165) is 57.7 Å². The number of amides is 1. The van der Waals surface area contributed by atoms with E-state index in [-0.39, 0.29) is 5.91 Å². The minimum absolute atomic E-state index is 0.0484. The summed E-state index contributed by atoms with van der Waals surface area (Å²) in [5.41, 5.74) is 2.78. The molecule has 1 aliphatic carbocycles. The summed E-state index contributed by atoms with van der Waals surface area (Å²) in [5, 5.41) is 18.8. The number of rotatable bonds is 5. The molecular formula is C24H30F3N5O3. The minimum atomic E-state index is -5.08. The standard InChI is InChI=1S/C22H29N5O.C2HF3O2/c1-2-15-6-8-16(9-7-15)11-26-12-17-10-20-24-25-21(27(20)14-18(17)13-26)22(28)23-19-4-3-5-19;3-2(4,5)1(6)7/h6-9,17-19H,2-5,10-14H2,1H3,(H,23,28);(H,6,7). The normalized spacial score (nSPS) is 21.8. The van der Waals surface area contributed by atoms with Gasteiger partial charge in [0.1, 0.15) is 5.82 Å². The minimum Gasteiger partial charge on any atom is -0.475 e. The number of nitrogens with one attached hydrogen (secondary N) is 1.